The molecule has 2 nitrogen and oxygen atoms in total. The summed E-state index contributed by atoms with van der Waals surface area (Å²) in [6, 6.07) is 14.8. The van der Waals surface area contributed by atoms with Crippen LogP contribution in [0.1, 0.15) is 48.1 Å². The van der Waals surface area contributed by atoms with E-state index in [4.69, 9.17) is 10.5 Å². The minimum absolute atomic E-state index is 0.0310. The first-order valence-corrected chi connectivity index (χ1v) is 7.67. The van der Waals surface area contributed by atoms with Gasteiger partial charge in [0.25, 0.3) is 0 Å². The van der Waals surface area contributed by atoms with Gasteiger partial charge < -0.3 is 10.5 Å². The maximum atomic E-state index is 6.36. The van der Waals surface area contributed by atoms with Crippen molar-refractivity contribution >= 4 is 0 Å². The van der Waals surface area contributed by atoms with Gasteiger partial charge >= 0.3 is 0 Å². The predicted molar refractivity (Wildman–Crippen MR) is 86.8 cm³/mol. The SMILES string of the molecule is Cc1ccc(C(C)C)cc1OC1Cc2ccccc2C1N. The third kappa shape index (κ3) is 2.68. The van der Waals surface area contributed by atoms with Crippen molar-refractivity contribution in [1.29, 1.82) is 0 Å². The van der Waals surface area contributed by atoms with Gasteiger partial charge in [-0.3, -0.25) is 0 Å². The Bertz CT molecular complexity index is 648. The van der Waals surface area contributed by atoms with E-state index in [-0.39, 0.29) is 12.1 Å². The molecule has 0 spiro atoms. The summed E-state index contributed by atoms with van der Waals surface area (Å²) >= 11 is 0. The number of nitrogens with two attached hydrogens (primary N) is 1. The molecule has 0 fully saturated rings. The second kappa shape index (κ2) is 5.53. The summed E-state index contributed by atoms with van der Waals surface area (Å²) in [5.74, 6) is 1.47. The highest BCUT2D eigenvalue weighted by molar-refractivity contribution is 5.40. The number of fused-ring (bicyclic) bond motifs is 1. The van der Waals surface area contributed by atoms with Crippen molar-refractivity contribution < 1.29 is 4.74 Å². The maximum absolute atomic E-state index is 6.36. The highest BCUT2D eigenvalue weighted by atomic mass is 16.5. The molecule has 0 aromatic heterocycles. The van der Waals surface area contributed by atoms with Crippen molar-refractivity contribution in [2.75, 3.05) is 0 Å². The number of hydrogen-bond acceptors (Lipinski definition) is 2. The Balaban J connectivity index is 1.84. The monoisotopic (exact) mass is 281 g/mol. The molecule has 1 aliphatic carbocycles. The van der Waals surface area contributed by atoms with Gasteiger partial charge in [0.2, 0.25) is 0 Å². The van der Waals surface area contributed by atoms with E-state index < -0.39 is 0 Å². The van der Waals surface area contributed by atoms with Gasteiger partial charge in [0.15, 0.2) is 0 Å². The van der Waals surface area contributed by atoms with E-state index in [1.807, 2.05) is 6.07 Å². The highest BCUT2D eigenvalue weighted by Crippen LogP contribution is 2.34. The van der Waals surface area contributed by atoms with E-state index in [0.29, 0.717) is 5.92 Å². The summed E-state index contributed by atoms with van der Waals surface area (Å²) in [6.07, 6.45) is 0.923. The molecule has 2 N–H and O–H groups in total. The second-order valence-corrected chi connectivity index (χ2v) is 6.26. The van der Waals surface area contributed by atoms with E-state index in [9.17, 15) is 0 Å². The van der Waals surface area contributed by atoms with Crippen LogP contribution in [0.4, 0.5) is 0 Å². The van der Waals surface area contributed by atoms with Crippen LogP contribution in [0.15, 0.2) is 42.5 Å². The largest absolute Gasteiger partial charge is 0.488 e. The first-order valence-electron chi connectivity index (χ1n) is 7.67. The molecule has 0 bridgehead atoms. The topological polar surface area (TPSA) is 35.2 Å². The minimum Gasteiger partial charge on any atom is -0.488 e. The number of rotatable bonds is 3. The van der Waals surface area contributed by atoms with Crippen LogP contribution >= 0.6 is 0 Å². The molecule has 1 aliphatic rings. The fraction of sp³-hybridized carbons (Fsp3) is 0.368. The van der Waals surface area contributed by atoms with E-state index in [2.05, 4.69) is 57.2 Å². The zero-order valence-electron chi connectivity index (χ0n) is 13.0. The molecular weight excluding hydrogens is 258 g/mol. The summed E-state index contributed by atoms with van der Waals surface area (Å²) < 4.78 is 6.27. The molecule has 0 heterocycles. The summed E-state index contributed by atoms with van der Waals surface area (Å²) in [4.78, 5) is 0. The van der Waals surface area contributed by atoms with Gasteiger partial charge in [0.05, 0.1) is 6.04 Å². The van der Waals surface area contributed by atoms with Gasteiger partial charge in [-0.1, -0.05) is 50.2 Å². The summed E-state index contributed by atoms with van der Waals surface area (Å²) in [5.41, 5.74) is 11.4. The van der Waals surface area contributed by atoms with Crippen molar-refractivity contribution in [2.45, 2.75) is 45.3 Å². The molecule has 110 valence electrons. The number of benzene rings is 2. The normalized spacial score (nSPS) is 20.6. The lowest BCUT2D eigenvalue weighted by Gasteiger charge is -2.21. The molecule has 0 saturated carbocycles. The van der Waals surface area contributed by atoms with Crippen molar-refractivity contribution in [1.82, 2.24) is 0 Å². The standard InChI is InChI=1S/C19H23NO/c1-12(2)14-9-8-13(3)17(10-14)21-18-11-15-6-4-5-7-16(15)19(18)20/h4-10,12,18-19H,11,20H2,1-3H3. The van der Waals surface area contributed by atoms with Gasteiger partial charge in [-0.15, -0.1) is 0 Å². The number of ether oxygens (including phenoxy) is 1. The average molecular weight is 281 g/mol. The molecule has 21 heavy (non-hydrogen) atoms. The zero-order chi connectivity index (χ0) is 15.0. The van der Waals surface area contributed by atoms with Gasteiger partial charge in [-0.05, 0) is 41.2 Å². The molecule has 0 aliphatic heterocycles. The minimum atomic E-state index is -0.0386. The Morgan fingerprint density at radius 3 is 2.62 bits per heavy atom. The van der Waals surface area contributed by atoms with Crippen LogP contribution in [0.25, 0.3) is 0 Å². The Kier molecular flexibility index (Phi) is 3.73. The van der Waals surface area contributed by atoms with Crippen LogP contribution in [0.3, 0.4) is 0 Å². The Labute approximate surface area is 126 Å². The van der Waals surface area contributed by atoms with E-state index in [1.54, 1.807) is 0 Å². The quantitative estimate of drug-likeness (QED) is 0.918. The fourth-order valence-corrected chi connectivity index (χ4v) is 2.97. The van der Waals surface area contributed by atoms with Crippen molar-refractivity contribution in [3.63, 3.8) is 0 Å². The second-order valence-electron chi connectivity index (χ2n) is 6.26. The van der Waals surface area contributed by atoms with Gasteiger partial charge in [0.1, 0.15) is 11.9 Å². The van der Waals surface area contributed by atoms with Gasteiger partial charge in [-0.2, -0.15) is 0 Å². The van der Waals surface area contributed by atoms with Crippen molar-refractivity contribution in [2.24, 2.45) is 5.73 Å². The Morgan fingerprint density at radius 2 is 1.90 bits per heavy atom. The molecule has 3 rings (SSSR count). The molecule has 0 amide bonds. The summed E-state index contributed by atoms with van der Waals surface area (Å²) in [7, 11) is 0. The third-order valence-corrected chi connectivity index (χ3v) is 4.39. The van der Waals surface area contributed by atoms with Crippen LogP contribution in [0.5, 0.6) is 5.75 Å². The lowest BCUT2D eigenvalue weighted by Crippen LogP contribution is -2.28. The highest BCUT2D eigenvalue weighted by Gasteiger charge is 2.31. The molecule has 2 aromatic rings. The van der Waals surface area contributed by atoms with Crippen LogP contribution in [-0.4, -0.2) is 6.10 Å². The van der Waals surface area contributed by atoms with Crippen LogP contribution in [0, 0.1) is 6.92 Å². The van der Waals surface area contributed by atoms with Gasteiger partial charge in [-0.25, -0.2) is 0 Å². The van der Waals surface area contributed by atoms with E-state index >= 15 is 0 Å². The lowest BCUT2D eigenvalue weighted by atomic mass is 10.0. The lowest BCUT2D eigenvalue weighted by molar-refractivity contribution is 0.183. The first kappa shape index (κ1) is 14.2. The molecule has 2 aromatic carbocycles. The Hall–Kier alpha value is -1.80. The molecule has 2 heteroatoms. The van der Waals surface area contributed by atoms with E-state index in [0.717, 1.165) is 12.2 Å². The average Bonchev–Trinajstić information content (AvgIpc) is 2.78. The third-order valence-electron chi connectivity index (χ3n) is 4.39. The molecule has 0 radical (unpaired) electrons. The molecule has 0 saturated heterocycles. The van der Waals surface area contributed by atoms with Crippen molar-refractivity contribution in [3.8, 4) is 5.75 Å². The van der Waals surface area contributed by atoms with Crippen LogP contribution in [-0.2, 0) is 6.42 Å². The molecule has 2 atom stereocenters. The molecular formula is C19H23NO. The first-order chi connectivity index (χ1) is 10.1. The summed E-state index contributed by atoms with van der Waals surface area (Å²) in [5, 5.41) is 0. The molecule has 2 unspecified atom stereocenters. The Morgan fingerprint density at radius 1 is 1.14 bits per heavy atom. The van der Waals surface area contributed by atoms with Crippen LogP contribution in [0.2, 0.25) is 0 Å². The number of hydrogen-bond donors (Lipinski definition) is 1. The number of aryl methyl sites for hydroxylation is 1. The van der Waals surface area contributed by atoms with Gasteiger partial charge in [0, 0.05) is 6.42 Å². The fourth-order valence-electron chi connectivity index (χ4n) is 2.97. The maximum Gasteiger partial charge on any atom is 0.123 e. The smallest absolute Gasteiger partial charge is 0.123 e. The predicted octanol–water partition coefficient (Wildman–Crippen LogP) is 4.12. The van der Waals surface area contributed by atoms with Crippen molar-refractivity contribution in [3.05, 3.63) is 64.7 Å². The van der Waals surface area contributed by atoms with Crippen LogP contribution < -0.4 is 10.5 Å². The van der Waals surface area contributed by atoms with E-state index in [1.165, 1.54) is 22.3 Å². The zero-order valence-corrected chi connectivity index (χ0v) is 13.0. The summed E-state index contributed by atoms with van der Waals surface area (Å²) in [6.45, 7) is 6.49.